The molecule has 0 bridgehead atoms. The molecule has 1 aromatic heterocycles. The molecule has 1 heterocycles. The smallest absolute Gasteiger partial charge is 0.254 e. The molecule has 0 atom stereocenters. The van der Waals surface area contributed by atoms with Crippen LogP contribution < -0.4 is 0 Å². The molecule has 1 amide bonds. The summed E-state index contributed by atoms with van der Waals surface area (Å²) in [6.45, 7) is 7.11. The molecular formula is C17H19ClN2O. The predicted octanol–water partition coefficient (Wildman–Crippen LogP) is 4.01. The number of carbonyl (C=O) groups excluding carboxylic acids is 1. The van der Waals surface area contributed by atoms with E-state index < -0.39 is 0 Å². The molecule has 0 aliphatic rings. The number of hydrogen-bond donors (Lipinski definition) is 0. The minimum absolute atomic E-state index is 0.0202. The van der Waals surface area contributed by atoms with Crippen LogP contribution >= 0.6 is 11.6 Å². The van der Waals surface area contributed by atoms with Gasteiger partial charge in [0.05, 0.1) is 0 Å². The third-order valence-corrected chi connectivity index (χ3v) is 3.65. The van der Waals surface area contributed by atoms with E-state index >= 15 is 0 Å². The summed E-state index contributed by atoms with van der Waals surface area (Å²) in [5, 5.41) is 0.352. The Morgan fingerprint density at radius 2 is 1.95 bits per heavy atom. The summed E-state index contributed by atoms with van der Waals surface area (Å²) in [5.41, 5.74) is 3.68. The first-order valence-electron chi connectivity index (χ1n) is 6.99. The number of halogens is 1. The van der Waals surface area contributed by atoms with Crippen molar-refractivity contribution in [2.24, 2.45) is 0 Å². The van der Waals surface area contributed by atoms with Gasteiger partial charge < -0.3 is 4.90 Å². The van der Waals surface area contributed by atoms with Gasteiger partial charge in [0, 0.05) is 24.3 Å². The Morgan fingerprint density at radius 1 is 1.24 bits per heavy atom. The number of pyridine rings is 1. The largest absolute Gasteiger partial charge is 0.335 e. The van der Waals surface area contributed by atoms with E-state index in [1.165, 1.54) is 5.56 Å². The molecule has 2 rings (SSSR count). The standard InChI is InChI=1S/C17H19ClN2O/c1-4-20(11-14-8-6-5-7-12(14)2)17(21)15-9-13(3)19-16(18)10-15/h5-10H,4,11H2,1-3H3. The van der Waals surface area contributed by atoms with Gasteiger partial charge in [0.15, 0.2) is 0 Å². The van der Waals surface area contributed by atoms with Gasteiger partial charge in [0.1, 0.15) is 5.15 Å². The van der Waals surface area contributed by atoms with Crippen molar-refractivity contribution >= 4 is 17.5 Å². The van der Waals surface area contributed by atoms with Crippen LogP contribution in [0.4, 0.5) is 0 Å². The van der Waals surface area contributed by atoms with Crippen molar-refractivity contribution < 1.29 is 4.79 Å². The lowest BCUT2D eigenvalue weighted by Crippen LogP contribution is -2.30. The van der Waals surface area contributed by atoms with Crippen LogP contribution in [0.15, 0.2) is 36.4 Å². The molecule has 0 spiro atoms. The average molecular weight is 303 g/mol. The van der Waals surface area contributed by atoms with E-state index in [-0.39, 0.29) is 5.91 Å². The normalized spacial score (nSPS) is 10.5. The van der Waals surface area contributed by atoms with Crippen molar-refractivity contribution in [1.82, 2.24) is 9.88 Å². The van der Waals surface area contributed by atoms with Crippen LogP contribution in [0.5, 0.6) is 0 Å². The molecule has 0 aliphatic heterocycles. The number of aromatic nitrogens is 1. The summed E-state index contributed by atoms with van der Waals surface area (Å²) in [5.74, 6) is -0.0202. The Hall–Kier alpha value is -1.87. The maximum absolute atomic E-state index is 12.6. The van der Waals surface area contributed by atoms with Crippen molar-refractivity contribution in [1.29, 1.82) is 0 Å². The van der Waals surface area contributed by atoms with E-state index in [9.17, 15) is 4.79 Å². The summed E-state index contributed by atoms with van der Waals surface area (Å²) >= 11 is 5.95. The summed E-state index contributed by atoms with van der Waals surface area (Å²) in [6, 6.07) is 11.5. The number of rotatable bonds is 4. The Labute approximate surface area is 130 Å². The molecule has 21 heavy (non-hydrogen) atoms. The van der Waals surface area contributed by atoms with Crippen LogP contribution in [0.25, 0.3) is 0 Å². The van der Waals surface area contributed by atoms with E-state index in [1.807, 2.05) is 30.9 Å². The van der Waals surface area contributed by atoms with Gasteiger partial charge in [-0.3, -0.25) is 4.79 Å². The summed E-state index contributed by atoms with van der Waals surface area (Å²) in [4.78, 5) is 18.5. The molecule has 0 N–H and O–H groups in total. The zero-order valence-electron chi connectivity index (χ0n) is 12.6. The van der Waals surface area contributed by atoms with Crippen LogP contribution in [0.3, 0.4) is 0 Å². The first kappa shape index (κ1) is 15.5. The molecule has 0 fully saturated rings. The Bertz CT molecular complexity index is 635. The van der Waals surface area contributed by atoms with Crippen LogP contribution in [0, 0.1) is 13.8 Å². The number of hydrogen-bond acceptors (Lipinski definition) is 2. The predicted molar refractivity (Wildman–Crippen MR) is 85.6 cm³/mol. The minimum atomic E-state index is -0.0202. The number of benzene rings is 1. The van der Waals surface area contributed by atoms with Crippen molar-refractivity contribution in [3.63, 3.8) is 0 Å². The SMILES string of the molecule is CCN(Cc1ccccc1C)C(=O)c1cc(C)nc(Cl)c1. The number of nitrogens with zero attached hydrogens (tertiary/aromatic N) is 2. The van der Waals surface area contributed by atoms with Crippen molar-refractivity contribution in [3.8, 4) is 0 Å². The van der Waals surface area contributed by atoms with Crippen LogP contribution in [0.1, 0.15) is 34.1 Å². The monoisotopic (exact) mass is 302 g/mol. The minimum Gasteiger partial charge on any atom is -0.335 e. The summed E-state index contributed by atoms with van der Waals surface area (Å²) in [6.07, 6.45) is 0. The lowest BCUT2D eigenvalue weighted by Gasteiger charge is -2.22. The number of amides is 1. The third-order valence-electron chi connectivity index (χ3n) is 3.46. The fraction of sp³-hybridized carbons (Fsp3) is 0.294. The van der Waals surface area contributed by atoms with Gasteiger partial charge in [0.2, 0.25) is 0 Å². The molecule has 0 saturated carbocycles. The maximum Gasteiger partial charge on any atom is 0.254 e. The van der Waals surface area contributed by atoms with Gasteiger partial charge in [-0.05, 0) is 44.0 Å². The van der Waals surface area contributed by atoms with Crippen molar-refractivity contribution in [3.05, 3.63) is 63.9 Å². The van der Waals surface area contributed by atoms with E-state index in [1.54, 1.807) is 12.1 Å². The van der Waals surface area contributed by atoms with Crippen LogP contribution in [-0.4, -0.2) is 22.3 Å². The zero-order chi connectivity index (χ0) is 15.4. The van der Waals surface area contributed by atoms with Gasteiger partial charge in [-0.25, -0.2) is 4.98 Å². The van der Waals surface area contributed by atoms with Gasteiger partial charge in [0.25, 0.3) is 5.91 Å². The molecule has 0 radical (unpaired) electrons. The Balaban J connectivity index is 2.24. The van der Waals surface area contributed by atoms with Crippen molar-refractivity contribution in [2.45, 2.75) is 27.3 Å². The molecule has 110 valence electrons. The maximum atomic E-state index is 12.6. The lowest BCUT2D eigenvalue weighted by molar-refractivity contribution is 0.0752. The average Bonchev–Trinajstić information content (AvgIpc) is 2.44. The molecule has 2 aromatic rings. The molecule has 4 heteroatoms. The first-order chi connectivity index (χ1) is 10.0. The van der Waals surface area contributed by atoms with E-state index in [4.69, 9.17) is 11.6 Å². The highest BCUT2D eigenvalue weighted by atomic mass is 35.5. The van der Waals surface area contributed by atoms with E-state index in [0.29, 0.717) is 23.8 Å². The van der Waals surface area contributed by atoms with Crippen molar-refractivity contribution in [2.75, 3.05) is 6.54 Å². The fourth-order valence-corrected chi connectivity index (χ4v) is 2.51. The number of aryl methyl sites for hydroxylation is 2. The molecule has 0 saturated heterocycles. The highest BCUT2D eigenvalue weighted by Crippen LogP contribution is 2.16. The highest BCUT2D eigenvalue weighted by molar-refractivity contribution is 6.29. The van der Waals surface area contributed by atoms with E-state index in [2.05, 4.69) is 24.0 Å². The van der Waals surface area contributed by atoms with Gasteiger partial charge in [-0.1, -0.05) is 35.9 Å². The Kier molecular flexibility index (Phi) is 4.97. The van der Waals surface area contributed by atoms with Crippen LogP contribution in [0.2, 0.25) is 5.15 Å². The number of carbonyl (C=O) groups is 1. The molecule has 0 aliphatic carbocycles. The summed E-state index contributed by atoms with van der Waals surface area (Å²) in [7, 11) is 0. The topological polar surface area (TPSA) is 33.2 Å². The molecule has 3 nitrogen and oxygen atoms in total. The quantitative estimate of drug-likeness (QED) is 0.799. The molecule has 1 aromatic carbocycles. The second-order valence-corrected chi connectivity index (χ2v) is 5.45. The fourth-order valence-electron chi connectivity index (χ4n) is 2.25. The molecular weight excluding hydrogens is 284 g/mol. The summed E-state index contributed by atoms with van der Waals surface area (Å²) < 4.78 is 0. The highest BCUT2D eigenvalue weighted by Gasteiger charge is 2.16. The second kappa shape index (κ2) is 6.72. The van der Waals surface area contributed by atoms with E-state index in [0.717, 1.165) is 11.3 Å². The van der Waals surface area contributed by atoms with Gasteiger partial charge in [-0.2, -0.15) is 0 Å². The first-order valence-corrected chi connectivity index (χ1v) is 7.37. The second-order valence-electron chi connectivity index (χ2n) is 5.07. The lowest BCUT2D eigenvalue weighted by atomic mass is 10.1. The van der Waals surface area contributed by atoms with Crippen LogP contribution in [-0.2, 0) is 6.54 Å². The zero-order valence-corrected chi connectivity index (χ0v) is 13.3. The molecule has 0 unspecified atom stereocenters. The van der Waals surface area contributed by atoms with Gasteiger partial charge in [-0.15, -0.1) is 0 Å². The Morgan fingerprint density at radius 3 is 2.57 bits per heavy atom. The van der Waals surface area contributed by atoms with Gasteiger partial charge >= 0.3 is 0 Å². The third kappa shape index (κ3) is 3.82.